The van der Waals surface area contributed by atoms with Gasteiger partial charge in [-0.25, -0.2) is 0 Å². The molecule has 0 aromatic rings. The third-order valence-electron chi connectivity index (χ3n) is 4.24. The van der Waals surface area contributed by atoms with Gasteiger partial charge in [0.1, 0.15) is 0 Å². The van der Waals surface area contributed by atoms with Crippen molar-refractivity contribution in [3.05, 3.63) is 0 Å². The first kappa shape index (κ1) is 13.3. The second-order valence-electron chi connectivity index (χ2n) is 6.70. The molecule has 1 aliphatic heterocycles. The molecule has 100 valence electrons. The van der Waals surface area contributed by atoms with Crippen molar-refractivity contribution in [1.82, 2.24) is 5.32 Å². The standard InChI is InChI=1S/C14H27NO2/c1-13(2)9-12(14(3,4)17-13)15-10-7-6-8-11(10)16-5/h10-12,15H,6-9H2,1-5H3. The van der Waals surface area contributed by atoms with E-state index in [0.717, 1.165) is 6.42 Å². The van der Waals surface area contributed by atoms with Gasteiger partial charge < -0.3 is 14.8 Å². The molecule has 1 saturated carbocycles. The van der Waals surface area contributed by atoms with Crippen LogP contribution in [0.4, 0.5) is 0 Å². The van der Waals surface area contributed by atoms with Crippen molar-refractivity contribution in [3.63, 3.8) is 0 Å². The van der Waals surface area contributed by atoms with Crippen molar-refractivity contribution in [1.29, 1.82) is 0 Å². The summed E-state index contributed by atoms with van der Waals surface area (Å²) < 4.78 is 11.7. The minimum absolute atomic E-state index is 0.0116. The summed E-state index contributed by atoms with van der Waals surface area (Å²) in [7, 11) is 1.82. The highest BCUT2D eigenvalue weighted by Crippen LogP contribution is 2.38. The Morgan fingerprint density at radius 1 is 1.18 bits per heavy atom. The van der Waals surface area contributed by atoms with Crippen LogP contribution in [0.2, 0.25) is 0 Å². The Bertz CT molecular complexity index is 275. The minimum Gasteiger partial charge on any atom is -0.380 e. The molecule has 3 nitrogen and oxygen atoms in total. The normalized spacial score (nSPS) is 39.7. The summed E-state index contributed by atoms with van der Waals surface area (Å²) in [5.74, 6) is 0. The Kier molecular flexibility index (Phi) is 3.54. The zero-order valence-electron chi connectivity index (χ0n) is 11.9. The second-order valence-corrected chi connectivity index (χ2v) is 6.70. The Hall–Kier alpha value is -0.120. The van der Waals surface area contributed by atoms with Crippen LogP contribution in [-0.4, -0.2) is 36.5 Å². The van der Waals surface area contributed by atoms with Gasteiger partial charge in [-0.2, -0.15) is 0 Å². The summed E-state index contributed by atoms with van der Waals surface area (Å²) in [6, 6.07) is 0.931. The van der Waals surface area contributed by atoms with Crippen LogP contribution < -0.4 is 5.32 Å². The molecular weight excluding hydrogens is 214 g/mol. The lowest BCUT2D eigenvalue weighted by molar-refractivity contribution is -0.0713. The Morgan fingerprint density at radius 3 is 2.41 bits per heavy atom. The average molecular weight is 241 g/mol. The number of methoxy groups -OCH3 is 1. The van der Waals surface area contributed by atoms with Gasteiger partial charge in [-0.3, -0.25) is 0 Å². The number of ether oxygens (including phenoxy) is 2. The Balaban J connectivity index is 1.99. The average Bonchev–Trinajstić information content (AvgIpc) is 2.69. The first-order valence-corrected chi connectivity index (χ1v) is 6.83. The van der Waals surface area contributed by atoms with Crippen LogP contribution in [0.1, 0.15) is 53.4 Å². The highest BCUT2D eigenvalue weighted by molar-refractivity contribution is 5.01. The molecule has 17 heavy (non-hydrogen) atoms. The van der Waals surface area contributed by atoms with E-state index in [9.17, 15) is 0 Å². The molecule has 2 aliphatic rings. The fraction of sp³-hybridized carbons (Fsp3) is 1.00. The number of rotatable bonds is 3. The van der Waals surface area contributed by atoms with Crippen molar-refractivity contribution in [2.45, 2.75) is 82.8 Å². The van der Waals surface area contributed by atoms with E-state index in [1.165, 1.54) is 19.3 Å². The molecule has 1 heterocycles. The quantitative estimate of drug-likeness (QED) is 0.823. The molecule has 0 bridgehead atoms. The number of hydrogen-bond donors (Lipinski definition) is 1. The molecule has 3 atom stereocenters. The van der Waals surface area contributed by atoms with Crippen LogP contribution >= 0.6 is 0 Å². The van der Waals surface area contributed by atoms with Gasteiger partial charge in [-0.1, -0.05) is 0 Å². The summed E-state index contributed by atoms with van der Waals surface area (Å²) in [5, 5.41) is 3.77. The number of nitrogens with one attached hydrogen (secondary N) is 1. The van der Waals surface area contributed by atoms with Crippen molar-refractivity contribution in [2.75, 3.05) is 7.11 Å². The monoisotopic (exact) mass is 241 g/mol. The summed E-state index contributed by atoms with van der Waals surface area (Å²) in [4.78, 5) is 0. The molecule has 1 saturated heterocycles. The maximum Gasteiger partial charge on any atom is 0.0787 e. The maximum atomic E-state index is 6.12. The van der Waals surface area contributed by atoms with E-state index < -0.39 is 0 Å². The van der Waals surface area contributed by atoms with Crippen molar-refractivity contribution in [3.8, 4) is 0 Å². The molecule has 0 spiro atoms. The van der Waals surface area contributed by atoms with E-state index in [4.69, 9.17) is 9.47 Å². The highest BCUT2D eigenvalue weighted by Gasteiger charge is 2.47. The fourth-order valence-corrected chi connectivity index (χ4v) is 3.48. The largest absolute Gasteiger partial charge is 0.380 e. The first-order chi connectivity index (χ1) is 7.84. The van der Waals surface area contributed by atoms with Gasteiger partial charge in [-0.15, -0.1) is 0 Å². The molecule has 1 aliphatic carbocycles. The molecule has 0 aromatic heterocycles. The molecule has 0 amide bonds. The van der Waals surface area contributed by atoms with Gasteiger partial charge in [-0.05, 0) is 53.4 Å². The lowest BCUT2D eigenvalue weighted by atomic mass is 9.93. The molecule has 0 aromatic carbocycles. The number of hydrogen-bond acceptors (Lipinski definition) is 3. The van der Waals surface area contributed by atoms with E-state index in [1.54, 1.807) is 0 Å². The topological polar surface area (TPSA) is 30.5 Å². The Labute approximate surface area is 105 Å². The van der Waals surface area contributed by atoms with Crippen molar-refractivity contribution < 1.29 is 9.47 Å². The van der Waals surface area contributed by atoms with Crippen LogP contribution in [0, 0.1) is 0 Å². The molecule has 1 N–H and O–H groups in total. The minimum atomic E-state index is -0.0790. The van der Waals surface area contributed by atoms with Crippen LogP contribution in [0.3, 0.4) is 0 Å². The Morgan fingerprint density at radius 2 is 1.88 bits per heavy atom. The SMILES string of the molecule is COC1CCCC1NC1CC(C)(C)OC1(C)C. The molecule has 0 radical (unpaired) electrons. The van der Waals surface area contributed by atoms with Gasteiger partial charge in [0, 0.05) is 19.2 Å². The summed E-state index contributed by atoms with van der Waals surface area (Å²) in [6.07, 6.45) is 5.15. The molecule has 3 heteroatoms. The maximum absolute atomic E-state index is 6.12. The summed E-state index contributed by atoms with van der Waals surface area (Å²) >= 11 is 0. The lowest BCUT2D eigenvalue weighted by Gasteiger charge is -2.31. The molecule has 3 unspecified atom stereocenters. The first-order valence-electron chi connectivity index (χ1n) is 6.83. The predicted octanol–water partition coefficient (Wildman–Crippen LogP) is 2.49. The van der Waals surface area contributed by atoms with Crippen LogP contribution in [0.25, 0.3) is 0 Å². The summed E-state index contributed by atoms with van der Waals surface area (Å²) in [5.41, 5.74) is -0.0906. The van der Waals surface area contributed by atoms with Gasteiger partial charge in [0.15, 0.2) is 0 Å². The van der Waals surface area contributed by atoms with Crippen LogP contribution in [0.15, 0.2) is 0 Å². The molecular formula is C14H27NO2. The second kappa shape index (κ2) is 4.52. The van der Waals surface area contributed by atoms with Crippen LogP contribution in [-0.2, 0) is 9.47 Å². The third-order valence-corrected chi connectivity index (χ3v) is 4.24. The van der Waals surface area contributed by atoms with Gasteiger partial charge in [0.05, 0.1) is 17.3 Å². The van der Waals surface area contributed by atoms with Gasteiger partial charge in [0.2, 0.25) is 0 Å². The highest BCUT2D eigenvalue weighted by atomic mass is 16.5. The molecule has 2 rings (SSSR count). The van der Waals surface area contributed by atoms with Crippen molar-refractivity contribution >= 4 is 0 Å². The van der Waals surface area contributed by atoms with E-state index in [2.05, 4.69) is 33.0 Å². The lowest BCUT2D eigenvalue weighted by Crippen LogP contribution is -2.50. The molecule has 2 fully saturated rings. The van der Waals surface area contributed by atoms with E-state index in [1.807, 2.05) is 7.11 Å². The van der Waals surface area contributed by atoms with E-state index in [-0.39, 0.29) is 11.2 Å². The van der Waals surface area contributed by atoms with Gasteiger partial charge in [0.25, 0.3) is 0 Å². The van der Waals surface area contributed by atoms with E-state index >= 15 is 0 Å². The zero-order chi connectivity index (χ0) is 12.7. The smallest absolute Gasteiger partial charge is 0.0787 e. The third kappa shape index (κ3) is 2.83. The van der Waals surface area contributed by atoms with E-state index in [0.29, 0.717) is 18.2 Å². The summed E-state index contributed by atoms with van der Waals surface area (Å²) in [6.45, 7) is 8.74. The fourth-order valence-electron chi connectivity index (χ4n) is 3.48. The van der Waals surface area contributed by atoms with Gasteiger partial charge >= 0.3 is 0 Å². The van der Waals surface area contributed by atoms with Crippen molar-refractivity contribution in [2.24, 2.45) is 0 Å². The predicted molar refractivity (Wildman–Crippen MR) is 69.2 cm³/mol. The zero-order valence-corrected chi connectivity index (χ0v) is 11.9. The van der Waals surface area contributed by atoms with Crippen LogP contribution in [0.5, 0.6) is 0 Å².